The highest BCUT2D eigenvalue weighted by Gasteiger charge is 2.11. The smallest absolute Gasteiger partial charge is 0.0811 e. The molecule has 14 heavy (non-hydrogen) atoms. The van der Waals surface area contributed by atoms with E-state index < -0.39 is 0 Å². The van der Waals surface area contributed by atoms with E-state index in [-0.39, 0.29) is 6.10 Å². The molecule has 4 heteroatoms. The Morgan fingerprint density at radius 1 is 1.64 bits per heavy atom. The Bertz CT molecular complexity index is 288. The van der Waals surface area contributed by atoms with Crippen molar-refractivity contribution in [2.75, 3.05) is 6.61 Å². The SMILES string of the molecule is CCCCOC(C)c1cc(I)sc1P. The highest BCUT2D eigenvalue weighted by molar-refractivity contribution is 14.1. The van der Waals surface area contributed by atoms with Crippen LogP contribution in [-0.4, -0.2) is 6.61 Å². The van der Waals surface area contributed by atoms with Crippen LogP contribution in [-0.2, 0) is 4.74 Å². The molecule has 0 aliphatic carbocycles. The van der Waals surface area contributed by atoms with Crippen molar-refractivity contribution in [1.29, 1.82) is 0 Å². The van der Waals surface area contributed by atoms with Crippen LogP contribution >= 0.6 is 43.2 Å². The van der Waals surface area contributed by atoms with Gasteiger partial charge in [-0.3, -0.25) is 0 Å². The summed E-state index contributed by atoms with van der Waals surface area (Å²) < 4.78 is 8.38. The predicted molar refractivity (Wildman–Crippen MR) is 75.7 cm³/mol. The van der Waals surface area contributed by atoms with Crippen LogP contribution in [0.15, 0.2) is 6.07 Å². The van der Waals surface area contributed by atoms with Gasteiger partial charge in [-0.05, 0) is 47.6 Å². The lowest BCUT2D eigenvalue weighted by Crippen LogP contribution is -2.05. The molecule has 0 aromatic carbocycles. The molecule has 0 saturated carbocycles. The van der Waals surface area contributed by atoms with Crippen molar-refractivity contribution in [3.63, 3.8) is 0 Å². The van der Waals surface area contributed by atoms with Gasteiger partial charge in [0.15, 0.2) is 0 Å². The topological polar surface area (TPSA) is 9.23 Å². The summed E-state index contributed by atoms with van der Waals surface area (Å²) in [6.45, 7) is 5.18. The summed E-state index contributed by atoms with van der Waals surface area (Å²) in [5.41, 5.74) is 1.32. The zero-order valence-electron chi connectivity index (χ0n) is 8.55. The highest BCUT2D eigenvalue weighted by Crippen LogP contribution is 2.24. The first kappa shape index (κ1) is 12.9. The molecule has 0 aliphatic heterocycles. The summed E-state index contributed by atoms with van der Waals surface area (Å²) in [6.07, 6.45) is 2.58. The van der Waals surface area contributed by atoms with E-state index in [9.17, 15) is 0 Å². The fraction of sp³-hybridized carbons (Fsp3) is 0.600. The first-order valence-corrected chi connectivity index (χ1v) is 7.28. The normalized spacial score (nSPS) is 13.1. The lowest BCUT2D eigenvalue weighted by atomic mass is 10.2. The molecule has 0 amide bonds. The Hall–Kier alpha value is 0.820. The summed E-state index contributed by atoms with van der Waals surface area (Å²) >= 11 is 4.16. The van der Waals surface area contributed by atoms with Crippen LogP contribution in [0.3, 0.4) is 0 Å². The van der Waals surface area contributed by atoms with Crippen molar-refractivity contribution in [3.05, 3.63) is 14.5 Å². The van der Waals surface area contributed by atoms with Crippen molar-refractivity contribution in [1.82, 2.24) is 0 Å². The van der Waals surface area contributed by atoms with Crippen LogP contribution in [0, 0.1) is 2.88 Å². The van der Waals surface area contributed by atoms with Crippen molar-refractivity contribution >= 4 is 47.8 Å². The largest absolute Gasteiger partial charge is 0.374 e. The molecule has 0 aliphatic rings. The third kappa shape index (κ3) is 3.76. The first-order valence-electron chi connectivity index (χ1n) is 4.81. The first-order chi connectivity index (χ1) is 6.65. The predicted octanol–water partition coefficient (Wildman–Crippen LogP) is 3.73. The van der Waals surface area contributed by atoms with E-state index in [1.165, 1.54) is 19.5 Å². The summed E-state index contributed by atoms with van der Waals surface area (Å²) in [5, 5.41) is 0. The third-order valence-corrected chi connectivity index (χ3v) is 4.49. The van der Waals surface area contributed by atoms with E-state index in [4.69, 9.17) is 4.74 Å². The van der Waals surface area contributed by atoms with Gasteiger partial charge in [-0.25, -0.2) is 0 Å². The van der Waals surface area contributed by atoms with Crippen LogP contribution in [0.1, 0.15) is 38.4 Å². The van der Waals surface area contributed by atoms with Gasteiger partial charge in [-0.2, -0.15) is 0 Å². The second-order valence-corrected chi connectivity index (χ2v) is 7.21. The number of hydrogen-bond donors (Lipinski definition) is 0. The monoisotopic (exact) mass is 342 g/mol. The van der Waals surface area contributed by atoms with E-state index in [0.29, 0.717) is 0 Å². The standard InChI is InChI=1S/C10H16IOPS/c1-3-4-5-12-7(2)8-6-9(11)14-10(8)13/h6-7H,3-5,13H2,1-2H3. The van der Waals surface area contributed by atoms with Gasteiger partial charge in [0, 0.05) is 11.2 Å². The van der Waals surface area contributed by atoms with Gasteiger partial charge in [-0.1, -0.05) is 22.6 Å². The number of unbranched alkanes of at least 4 members (excludes halogenated alkanes) is 1. The van der Waals surface area contributed by atoms with E-state index in [0.717, 1.165) is 13.0 Å². The van der Waals surface area contributed by atoms with Gasteiger partial charge in [0.05, 0.1) is 8.99 Å². The van der Waals surface area contributed by atoms with Crippen molar-refractivity contribution in [2.24, 2.45) is 0 Å². The van der Waals surface area contributed by atoms with Crippen LogP contribution < -0.4 is 4.62 Å². The molecule has 1 aromatic rings. The van der Waals surface area contributed by atoms with E-state index in [1.54, 1.807) is 11.3 Å². The van der Waals surface area contributed by atoms with Crippen LogP contribution in [0.5, 0.6) is 0 Å². The van der Waals surface area contributed by atoms with Crippen molar-refractivity contribution < 1.29 is 4.74 Å². The molecule has 0 N–H and O–H groups in total. The van der Waals surface area contributed by atoms with Gasteiger partial charge < -0.3 is 4.74 Å². The summed E-state index contributed by atoms with van der Waals surface area (Å²) in [5.74, 6) is 0. The lowest BCUT2D eigenvalue weighted by Gasteiger charge is -2.12. The second-order valence-electron chi connectivity index (χ2n) is 3.24. The van der Waals surface area contributed by atoms with Crippen LogP contribution in [0.4, 0.5) is 0 Å². The minimum atomic E-state index is 0.230. The van der Waals surface area contributed by atoms with E-state index >= 15 is 0 Å². The summed E-state index contributed by atoms with van der Waals surface area (Å²) in [6, 6.07) is 2.21. The average molecular weight is 342 g/mol. The fourth-order valence-corrected chi connectivity index (χ4v) is 4.40. The number of hydrogen-bond acceptors (Lipinski definition) is 2. The summed E-state index contributed by atoms with van der Waals surface area (Å²) in [7, 11) is 2.79. The van der Waals surface area contributed by atoms with Gasteiger partial charge in [0.1, 0.15) is 0 Å². The molecular weight excluding hydrogens is 326 g/mol. The Morgan fingerprint density at radius 2 is 2.36 bits per heavy atom. The van der Waals surface area contributed by atoms with Crippen LogP contribution in [0.25, 0.3) is 0 Å². The van der Waals surface area contributed by atoms with Crippen molar-refractivity contribution in [2.45, 2.75) is 32.8 Å². The maximum atomic E-state index is 5.75. The molecule has 1 aromatic heterocycles. The molecule has 0 fully saturated rings. The molecular formula is C10H16IOPS. The zero-order chi connectivity index (χ0) is 10.6. The molecule has 0 radical (unpaired) electrons. The zero-order valence-corrected chi connectivity index (χ0v) is 12.7. The van der Waals surface area contributed by atoms with Gasteiger partial charge in [-0.15, -0.1) is 11.3 Å². The van der Waals surface area contributed by atoms with Crippen LogP contribution in [0.2, 0.25) is 0 Å². The maximum absolute atomic E-state index is 5.75. The van der Waals surface area contributed by atoms with E-state index in [1.807, 2.05) is 0 Å². The molecule has 0 saturated heterocycles. The van der Waals surface area contributed by atoms with E-state index in [2.05, 4.69) is 51.7 Å². The fourth-order valence-electron chi connectivity index (χ4n) is 1.20. The minimum Gasteiger partial charge on any atom is -0.374 e. The Labute approximate surface area is 106 Å². The molecule has 80 valence electrons. The molecule has 1 nitrogen and oxygen atoms in total. The second kappa shape index (κ2) is 6.41. The Morgan fingerprint density at radius 3 is 2.86 bits per heavy atom. The number of ether oxygens (including phenoxy) is 1. The molecule has 1 rings (SSSR count). The molecule has 0 bridgehead atoms. The van der Waals surface area contributed by atoms with Crippen molar-refractivity contribution in [3.8, 4) is 0 Å². The third-order valence-electron chi connectivity index (χ3n) is 2.06. The van der Waals surface area contributed by atoms with Gasteiger partial charge in [0.2, 0.25) is 0 Å². The summed E-state index contributed by atoms with van der Waals surface area (Å²) in [4.78, 5) is 0. The molecule has 0 spiro atoms. The lowest BCUT2D eigenvalue weighted by molar-refractivity contribution is 0.0645. The highest BCUT2D eigenvalue weighted by atomic mass is 127. The number of halogens is 1. The Kier molecular flexibility index (Phi) is 5.90. The molecule has 2 unspecified atom stereocenters. The molecule has 1 heterocycles. The minimum absolute atomic E-state index is 0.230. The number of thiophene rings is 1. The quantitative estimate of drug-likeness (QED) is 0.450. The Balaban J connectivity index is 2.51. The number of rotatable bonds is 5. The maximum Gasteiger partial charge on any atom is 0.0811 e. The van der Waals surface area contributed by atoms with Gasteiger partial charge in [0.25, 0.3) is 0 Å². The molecule has 2 atom stereocenters. The average Bonchev–Trinajstić information content (AvgIpc) is 2.45. The van der Waals surface area contributed by atoms with Gasteiger partial charge >= 0.3 is 0 Å².